The van der Waals surface area contributed by atoms with Gasteiger partial charge < -0.3 is 20.7 Å². The van der Waals surface area contributed by atoms with Crippen molar-refractivity contribution < 1.29 is 9.53 Å². The number of nitrogens with one attached hydrogen (secondary N) is 1. The first-order valence-electron chi connectivity index (χ1n) is 6.07. The van der Waals surface area contributed by atoms with E-state index in [1.54, 1.807) is 18.2 Å². The maximum Gasteiger partial charge on any atom is 0.253 e. The summed E-state index contributed by atoms with van der Waals surface area (Å²) in [5, 5.41) is 3.12. The Hall–Kier alpha value is -1.30. The Balaban J connectivity index is 2.30. The second-order valence-electron chi connectivity index (χ2n) is 4.37. The summed E-state index contributed by atoms with van der Waals surface area (Å²) in [7, 11) is 3.96. The maximum absolute atomic E-state index is 11.8. The molecule has 0 aliphatic carbocycles. The van der Waals surface area contributed by atoms with Crippen LogP contribution in [0.2, 0.25) is 5.02 Å². The number of halogens is 1. The Morgan fingerprint density at radius 2 is 2.16 bits per heavy atom. The molecule has 1 rings (SSSR count). The highest BCUT2D eigenvalue weighted by Crippen LogP contribution is 2.21. The van der Waals surface area contributed by atoms with E-state index in [4.69, 9.17) is 22.1 Å². The highest BCUT2D eigenvalue weighted by Gasteiger charge is 2.10. The Morgan fingerprint density at radius 3 is 2.84 bits per heavy atom. The third-order valence-electron chi connectivity index (χ3n) is 2.51. The summed E-state index contributed by atoms with van der Waals surface area (Å²) in [4.78, 5) is 13.9. The number of anilines is 1. The molecule has 1 amide bonds. The summed E-state index contributed by atoms with van der Waals surface area (Å²) < 4.78 is 5.37. The number of rotatable bonds is 7. The SMILES string of the molecule is CN(C)CCOCCNC(=O)c1cccc(Cl)c1N. The number of nitrogen functional groups attached to an aromatic ring is 1. The molecule has 1 aromatic carbocycles. The minimum atomic E-state index is -0.240. The summed E-state index contributed by atoms with van der Waals surface area (Å²) in [5.74, 6) is -0.240. The van der Waals surface area contributed by atoms with E-state index < -0.39 is 0 Å². The highest BCUT2D eigenvalue weighted by atomic mass is 35.5. The molecule has 0 saturated heterocycles. The van der Waals surface area contributed by atoms with Crippen LogP contribution in [0.15, 0.2) is 18.2 Å². The van der Waals surface area contributed by atoms with Gasteiger partial charge in [0.05, 0.1) is 29.5 Å². The van der Waals surface area contributed by atoms with Crippen LogP contribution in [0.4, 0.5) is 5.69 Å². The summed E-state index contributed by atoms with van der Waals surface area (Å²) in [5.41, 5.74) is 6.43. The van der Waals surface area contributed by atoms with E-state index in [1.165, 1.54) is 0 Å². The molecule has 0 atom stereocenters. The normalized spacial score (nSPS) is 10.7. The summed E-state index contributed by atoms with van der Waals surface area (Å²) in [6, 6.07) is 4.99. The van der Waals surface area contributed by atoms with Gasteiger partial charge in [0, 0.05) is 13.1 Å². The number of ether oxygens (including phenoxy) is 1. The number of hydrogen-bond acceptors (Lipinski definition) is 4. The minimum Gasteiger partial charge on any atom is -0.397 e. The van der Waals surface area contributed by atoms with Crippen LogP contribution in [-0.2, 0) is 4.74 Å². The van der Waals surface area contributed by atoms with Crippen molar-refractivity contribution in [1.82, 2.24) is 10.2 Å². The number of nitrogens with two attached hydrogens (primary N) is 1. The van der Waals surface area contributed by atoms with Gasteiger partial charge in [-0.25, -0.2) is 0 Å². The van der Waals surface area contributed by atoms with E-state index in [0.717, 1.165) is 6.54 Å². The van der Waals surface area contributed by atoms with Gasteiger partial charge in [-0.15, -0.1) is 0 Å². The molecular formula is C13H20ClN3O2. The molecule has 106 valence electrons. The number of carbonyl (C=O) groups excluding carboxylic acids is 1. The average Bonchev–Trinajstić information content (AvgIpc) is 2.36. The van der Waals surface area contributed by atoms with Crippen molar-refractivity contribution in [2.24, 2.45) is 0 Å². The van der Waals surface area contributed by atoms with Crippen LogP contribution in [-0.4, -0.2) is 51.2 Å². The lowest BCUT2D eigenvalue weighted by Gasteiger charge is -2.11. The molecule has 5 nitrogen and oxygen atoms in total. The smallest absolute Gasteiger partial charge is 0.253 e. The van der Waals surface area contributed by atoms with Gasteiger partial charge in [0.15, 0.2) is 0 Å². The van der Waals surface area contributed by atoms with Crippen LogP contribution in [0, 0.1) is 0 Å². The van der Waals surface area contributed by atoms with Crippen LogP contribution in [0.5, 0.6) is 0 Å². The molecule has 19 heavy (non-hydrogen) atoms. The number of nitrogens with zero attached hydrogens (tertiary/aromatic N) is 1. The zero-order valence-corrected chi connectivity index (χ0v) is 12.0. The second-order valence-corrected chi connectivity index (χ2v) is 4.78. The molecule has 0 saturated carbocycles. The maximum atomic E-state index is 11.8. The Labute approximate surface area is 118 Å². The zero-order chi connectivity index (χ0) is 14.3. The minimum absolute atomic E-state index is 0.240. The Morgan fingerprint density at radius 1 is 1.42 bits per heavy atom. The topological polar surface area (TPSA) is 67.6 Å². The molecule has 0 radical (unpaired) electrons. The number of amides is 1. The first kappa shape index (κ1) is 15.8. The zero-order valence-electron chi connectivity index (χ0n) is 11.3. The van der Waals surface area contributed by atoms with Gasteiger partial charge in [0.1, 0.15) is 0 Å². The van der Waals surface area contributed by atoms with Crippen molar-refractivity contribution in [2.75, 3.05) is 46.1 Å². The number of likely N-dealkylation sites (N-methyl/N-ethyl adjacent to an activating group) is 1. The first-order chi connectivity index (χ1) is 9.02. The molecule has 0 heterocycles. The number of benzene rings is 1. The number of carbonyl (C=O) groups is 1. The molecule has 0 spiro atoms. The van der Waals surface area contributed by atoms with Gasteiger partial charge in [-0.1, -0.05) is 17.7 Å². The third-order valence-corrected chi connectivity index (χ3v) is 2.84. The van der Waals surface area contributed by atoms with Crippen molar-refractivity contribution in [3.05, 3.63) is 28.8 Å². The largest absolute Gasteiger partial charge is 0.397 e. The Kier molecular flexibility index (Phi) is 6.62. The fourth-order valence-corrected chi connectivity index (χ4v) is 1.59. The quantitative estimate of drug-likeness (QED) is 0.584. The second kappa shape index (κ2) is 7.99. The lowest BCUT2D eigenvalue weighted by Crippen LogP contribution is -2.29. The molecule has 0 aliphatic heterocycles. The van der Waals surface area contributed by atoms with E-state index in [2.05, 4.69) is 5.32 Å². The molecule has 6 heteroatoms. The van der Waals surface area contributed by atoms with E-state index >= 15 is 0 Å². The lowest BCUT2D eigenvalue weighted by molar-refractivity contribution is 0.0901. The van der Waals surface area contributed by atoms with Gasteiger partial charge in [0.25, 0.3) is 5.91 Å². The van der Waals surface area contributed by atoms with Crippen molar-refractivity contribution in [2.45, 2.75) is 0 Å². The molecule has 0 unspecified atom stereocenters. The first-order valence-corrected chi connectivity index (χ1v) is 6.45. The molecule has 0 aromatic heterocycles. The highest BCUT2D eigenvalue weighted by molar-refractivity contribution is 6.33. The fourth-order valence-electron chi connectivity index (χ4n) is 1.42. The van der Waals surface area contributed by atoms with Crippen molar-refractivity contribution in [3.63, 3.8) is 0 Å². The predicted molar refractivity (Wildman–Crippen MR) is 77.6 cm³/mol. The Bertz CT molecular complexity index is 424. The van der Waals surface area contributed by atoms with Gasteiger partial charge in [-0.05, 0) is 26.2 Å². The monoisotopic (exact) mass is 285 g/mol. The van der Waals surface area contributed by atoms with Crippen LogP contribution < -0.4 is 11.1 Å². The molecule has 0 fully saturated rings. The van der Waals surface area contributed by atoms with Gasteiger partial charge in [-0.2, -0.15) is 0 Å². The molecule has 3 N–H and O–H groups in total. The van der Waals surface area contributed by atoms with E-state index in [9.17, 15) is 4.79 Å². The van der Waals surface area contributed by atoms with Crippen LogP contribution in [0.3, 0.4) is 0 Å². The van der Waals surface area contributed by atoms with E-state index in [-0.39, 0.29) is 5.91 Å². The van der Waals surface area contributed by atoms with Crippen molar-refractivity contribution >= 4 is 23.2 Å². The van der Waals surface area contributed by atoms with Crippen LogP contribution >= 0.6 is 11.6 Å². The predicted octanol–water partition coefficient (Wildman–Crippen LogP) is 1.23. The molecular weight excluding hydrogens is 266 g/mol. The van der Waals surface area contributed by atoms with Gasteiger partial charge >= 0.3 is 0 Å². The number of hydrogen-bond donors (Lipinski definition) is 2. The van der Waals surface area contributed by atoms with Crippen molar-refractivity contribution in [3.8, 4) is 0 Å². The average molecular weight is 286 g/mol. The van der Waals surface area contributed by atoms with Gasteiger partial charge in [-0.3, -0.25) is 4.79 Å². The molecule has 0 aliphatic rings. The van der Waals surface area contributed by atoms with Crippen molar-refractivity contribution in [1.29, 1.82) is 0 Å². The van der Waals surface area contributed by atoms with E-state index in [1.807, 2.05) is 19.0 Å². The third kappa shape index (κ3) is 5.46. The van der Waals surface area contributed by atoms with Crippen LogP contribution in [0.1, 0.15) is 10.4 Å². The standard InChI is InChI=1S/C13H20ClN3O2/c1-17(2)7-9-19-8-6-16-13(18)10-4-3-5-11(14)12(10)15/h3-5H,6-9,15H2,1-2H3,(H,16,18). The van der Waals surface area contributed by atoms with E-state index in [0.29, 0.717) is 36.0 Å². The van der Waals surface area contributed by atoms with Crippen LogP contribution in [0.25, 0.3) is 0 Å². The molecule has 0 bridgehead atoms. The summed E-state index contributed by atoms with van der Waals surface area (Å²) in [6.45, 7) is 2.41. The summed E-state index contributed by atoms with van der Waals surface area (Å²) >= 11 is 5.86. The lowest BCUT2D eigenvalue weighted by atomic mass is 10.1. The molecule has 1 aromatic rings. The van der Waals surface area contributed by atoms with Gasteiger partial charge in [0.2, 0.25) is 0 Å². The number of para-hydroxylation sites is 1. The summed E-state index contributed by atoms with van der Waals surface area (Å²) in [6.07, 6.45) is 0. The fraction of sp³-hybridized carbons (Fsp3) is 0.462.